The number of thiazole rings is 2. The van der Waals surface area contributed by atoms with Crippen molar-refractivity contribution in [1.82, 2.24) is 14.0 Å². The first-order chi connectivity index (χ1) is 39.5. The number of benzene rings is 3. The number of carbonyl (C=O) groups excluding carboxylic acids is 1. The Morgan fingerprint density at radius 1 is 0.694 bits per heavy atom. The lowest BCUT2D eigenvalue weighted by Gasteiger charge is -2.35. The van der Waals surface area contributed by atoms with Gasteiger partial charge in [-0.1, -0.05) is 121 Å². The summed E-state index contributed by atoms with van der Waals surface area (Å²) >= 11 is 10.6. The van der Waals surface area contributed by atoms with Crippen LogP contribution in [0.25, 0.3) is 23.1 Å². The van der Waals surface area contributed by atoms with Crippen LogP contribution in [0.3, 0.4) is 0 Å². The van der Waals surface area contributed by atoms with Gasteiger partial charge in [0, 0.05) is 52.6 Å². The quantitative estimate of drug-likeness (QED) is 0.0207. The van der Waals surface area contributed by atoms with Crippen molar-refractivity contribution in [2.75, 3.05) is 11.4 Å². The molecule has 3 unspecified atom stereocenters. The zero-order valence-electron chi connectivity index (χ0n) is 50.1. The summed E-state index contributed by atoms with van der Waals surface area (Å²) in [5, 5.41) is 39.8. The van der Waals surface area contributed by atoms with Crippen LogP contribution in [0, 0.1) is 36.3 Å². The van der Waals surface area contributed by atoms with Crippen LogP contribution in [-0.4, -0.2) is 85.9 Å². The molecule has 5 aromatic rings. The van der Waals surface area contributed by atoms with Gasteiger partial charge in [-0.2, -0.15) is 0 Å². The van der Waals surface area contributed by atoms with Crippen LogP contribution in [0.4, 0.5) is 11.4 Å². The molecular weight excluding hydrogens is 1170 g/mol. The number of carbonyl (C=O) groups is 5. The van der Waals surface area contributed by atoms with Crippen LogP contribution in [0.2, 0.25) is 0 Å². The molecule has 20 heteroatoms. The van der Waals surface area contributed by atoms with Gasteiger partial charge in [-0.05, 0) is 142 Å². The first-order valence-electron chi connectivity index (χ1n) is 28.3. The number of rotatable bonds is 23. The molecule has 2 aliphatic heterocycles. The minimum absolute atomic E-state index is 0.0203. The third kappa shape index (κ3) is 14.3. The van der Waals surface area contributed by atoms with Crippen LogP contribution < -0.4 is 25.2 Å². The maximum atomic E-state index is 15.2. The molecule has 4 heterocycles. The van der Waals surface area contributed by atoms with E-state index in [4.69, 9.17) is 12.2 Å². The van der Waals surface area contributed by atoms with E-state index >= 15 is 4.79 Å². The summed E-state index contributed by atoms with van der Waals surface area (Å²) in [6.07, 6.45) is 10.8. The molecule has 2 aromatic heterocycles. The maximum Gasteiger partial charge on any atom is 0.313 e. The number of hydrogen-bond donors (Lipinski definition) is 4. The number of anilines is 2. The Hall–Kier alpha value is -6.32. The molecule has 1 aliphatic carbocycles. The van der Waals surface area contributed by atoms with Crippen molar-refractivity contribution >= 4 is 127 Å². The Kier molecular flexibility index (Phi) is 18.6. The van der Waals surface area contributed by atoms with Crippen molar-refractivity contribution in [2.24, 2.45) is 27.1 Å². The Morgan fingerprint density at radius 2 is 1.28 bits per heavy atom. The predicted octanol–water partition coefficient (Wildman–Crippen LogP) is 12.2. The van der Waals surface area contributed by atoms with Crippen LogP contribution in [0.1, 0.15) is 149 Å². The highest BCUT2D eigenvalue weighted by Crippen LogP contribution is 2.53. The van der Waals surface area contributed by atoms with Crippen LogP contribution >= 0.6 is 58.4 Å². The summed E-state index contributed by atoms with van der Waals surface area (Å²) in [5.41, 5.74) is 0.248. The van der Waals surface area contributed by atoms with Gasteiger partial charge in [-0.15, -0.1) is 41.0 Å². The van der Waals surface area contributed by atoms with Gasteiger partial charge in [0.15, 0.2) is 0 Å². The van der Waals surface area contributed by atoms with Crippen LogP contribution in [0.15, 0.2) is 93.9 Å². The zero-order valence-corrected chi connectivity index (χ0v) is 54.2. The summed E-state index contributed by atoms with van der Waals surface area (Å²) in [6.45, 7) is 23.4. The lowest BCUT2D eigenvalue weighted by Crippen LogP contribution is -2.42. The smallest absolute Gasteiger partial charge is 0.313 e. The molecule has 3 aromatic carbocycles. The molecule has 3 aliphatic rings. The number of fused-ring (bicyclic) bond motifs is 3. The van der Waals surface area contributed by atoms with Crippen molar-refractivity contribution in [1.29, 1.82) is 0 Å². The fourth-order valence-electron chi connectivity index (χ4n) is 12.6. The Labute approximate surface area is 517 Å². The van der Waals surface area contributed by atoms with Gasteiger partial charge in [0.05, 0.1) is 27.2 Å². The molecular formula is C65H76N4O11S5. The lowest BCUT2D eigenvalue weighted by atomic mass is 9.73. The molecule has 1 amide bonds. The third-order valence-electron chi connectivity index (χ3n) is 16.2. The van der Waals surface area contributed by atoms with Crippen molar-refractivity contribution < 1.29 is 44.4 Å². The second-order valence-corrected chi connectivity index (χ2v) is 32.0. The number of aliphatic carboxylic acids is 4. The summed E-state index contributed by atoms with van der Waals surface area (Å²) in [5.74, 6) is -4.26. The number of amides is 1. The molecule has 1 saturated heterocycles. The number of thioether (sulfide) groups is 2. The molecule has 452 valence electrons. The minimum atomic E-state index is -1.29. The van der Waals surface area contributed by atoms with Crippen molar-refractivity contribution in [3.05, 3.63) is 141 Å². The van der Waals surface area contributed by atoms with Crippen LogP contribution in [-0.2, 0) is 37.1 Å². The number of hydrogen-bond acceptors (Lipinski definition) is 13. The number of carboxylic acid groups (broad SMARTS) is 4. The van der Waals surface area contributed by atoms with E-state index in [-0.39, 0.29) is 76.8 Å². The van der Waals surface area contributed by atoms with E-state index in [1.54, 1.807) is 52.5 Å². The molecule has 1 saturated carbocycles. The van der Waals surface area contributed by atoms with Crippen molar-refractivity contribution in [2.45, 2.75) is 156 Å². The molecule has 4 N–H and O–H groups in total. The third-order valence-corrected chi connectivity index (χ3v) is 21.4. The summed E-state index contributed by atoms with van der Waals surface area (Å²) in [6, 6.07) is 23.2. The zero-order chi connectivity index (χ0) is 62.5. The van der Waals surface area contributed by atoms with E-state index < -0.39 is 74.4 Å². The van der Waals surface area contributed by atoms with Crippen molar-refractivity contribution in [3.63, 3.8) is 0 Å². The fraction of sp³-hybridized carbons (Fsp3) is 0.446. The number of carboxylic acids is 4. The second kappa shape index (κ2) is 24.4. The maximum absolute atomic E-state index is 15.2. The second-order valence-electron chi connectivity index (χ2n) is 26.5. The highest BCUT2D eigenvalue weighted by Gasteiger charge is 2.44. The van der Waals surface area contributed by atoms with Gasteiger partial charge in [-0.25, -0.2) is 0 Å². The number of nitrogens with zero attached hydrogens (tertiary/aromatic N) is 4. The molecule has 8 rings (SSSR count). The Balaban J connectivity index is 1.15. The highest BCUT2D eigenvalue weighted by molar-refractivity contribution is 8.30. The van der Waals surface area contributed by atoms with E-state index in [1.807, 2.05) is 33.8 Å². The average Bonchev–Trinajstić information content (AvgIpc) is 2.70. The lowest BCUT2D eigenvalue weighted by molar-refractivity contribution is -0.149. The molecule has 85 heavy (non-hydrogen) atoms. The van der Waals surface area contributed by atoms with Gasteiger partial charge in [0.25, 0.3) is 17.0 Å². The Bertz CT molecular complexity index is 3900. The van der Waals surface area contributed by atoms with E-state index in [9.17, 15) is 49.2 Å². The molecule has 0 radical (unpaired) electrons. The molecule has 3 atom stereocenters. The fourth-order valence-corrected chi connectivity index (χ4v) is 17.8. The standard InChI is InChI=1S/C65H76N4O11S5/c1-13-65(12,58(79)80)34-61(4,5)37-68-53(74)50(84-59(68)81)55-67(36-60(2,3)33-62(6,7)56(75)76)52(73)49(83-55)54-66(30-29-48(70)71)51(72)47(82-54)32-40-23-28-46-44(31-40)43-15-14-16-45(43)69(46)41-24-19-38(20-25-41)17-18-39-21-26-42(27-22-39)85-64(10,11)35-63(8,9)57(77)78/h13,17-28,31-32,43,45H,1,14-16,29-30,33-37H2,2-12H3,(H,70,71)(H,75,76)(H,77,78)(H,79,80)/b18-17+,47-32-,54-49+,55-50+. The highest BCUT2D eigenvalue weighted by atomic mass is 32.2. The van der Waals surface area contributed by atoms with Gasteiger partial charge >= 0.3 is 23.9 Å². The predicted molar refractivity (Wildman–Crippen MR) is 346 cm³/mol. The normalized spacial score (nSPS) is 18.7. The average molecular weight is 1250 g/mol. The molecule has 0 bridgehead atoms. The first-order valence-corrected chi connectivity index (χ1v) is 32.0. The number of thiocarbonyl (C=S) groups is 1. The first kappa shape index (κ1) is 64.7. The van der Waals surface area contributed by atoms with Gasteiger partial charge in [0.1, 0.15) is 23.1 Å². The summed E-state index contributed by atoms with van der Waals surface area (Å²) in [4.78, 5) is 98.2. The largest absolute Gasteiger partial charge is 0.481 e. The summed E-state index contributed by atoms with van der Waals surface area (Å²) < 4.78 is 3.56. The van der Waals surface area contributed by atoms with Crippen molar-refractivity contribution in [3.8, 4) is 0 Å². The minimum Gasteiger partial charge on any atom is -0.481 e. The van der Waals surface area contributed by atoms with Gasteiger partial charge in [0.2, 0.25) is 0 Å². The van der Waals surface area contributed by atoms with Gasteiger partial charge in [-0.3, -0.25) is 47.6 Å². The number of aromatic nitrogens is 2. The molecule has 15 nitrogen and oxygen atoms in total. The topological polar surface area (TPSA) is 217 Å². The van der Waals surface area contributed by atoms with Gasteiger partial charge < -0.3 is 25.3 Å². The van der Waals surface area contributed by atoms with Crippen LogP contribution in [0.5, 0.6) is 0 Å². The molecule has 2 fully saturated rings. The van der Waals surface area contributed by atoms with E-state index in [0.717, 1.165) is 86.7 Å². The Morgan fingerprint density at radius 3 is 1.87 bits per heavy atom. The SMILES string of the molecule is C=CC(C)(CC(C)(C)CN1C(=O)/C(=c2\s/c(=c3/s/c(=C\c4ccc5c(c4)C4CCCC4N5c4ccc(/C=C/c5ccc(SC(C)(C)CC(C)(C)C(=O)O)cc5)cc4)c(=O)n3CCC(=O)O)c(=O)n2CC(C)(C)CC(C)(C)C(=O)O)SC1=S)C(=O)O. The monoisotopic (exact) mass is 1250 g/mol. The van der Waals surface area contributed by atoms with E-state index in [0.29, 0.717) is 6.42 Å². The molecule has 0 spiro atoms. The van der Waals surface area contributed by atoms with E-state index in [1.165, 1.54) is 25.7 Å². The summed E-state index contributed by atoms with van der Waals surface area (Å²) in [7, 11) is 0. The van der Waals surface area contributed by atoms with E-state index in [2.05, 4.69) is 98.1 Å².